The molecule has 0 spiro atoms. The van der Waals surface area contributed by atoms with Crippen molar-refractivity contribution < 1.29 is 9.18 Å². The van der Waals surface area contributed by atoms with E-state index < -0.39 is 5.82 Å². The van der Waals surface area contributed by atoms with E-state index in [1.54, 1.807) is 17.9 Å². The van der Waals surface area contributed by atoms with Gasteiger partial charge in [-0.05, 0) is 44.0 Å². The van der Waals surface area contributed by atoms with E-state index in [0.29, 0.717) is 16.8 Å². The van der Waals surface area contributed by atoms with Gasteiger partial charge in [-0.2, -0.15) is 0 Å². The minimum atomic E-state index is -0.446. The smallest absolute Gasteiger partial charge is 0.258 e. The SMILES string of the molecule is Cc1c(N)cc(C(=O)N2c3ccccc3CC2C)cc1F. The van der Waals surface area contributed by atoms with Gasteiger partial charge in [-0.1, -0.05) is 18.2 Å². The summed E-state index contributed by atoms with van der Waals surface area (Å²) in [6.07, 6.45) is 0.811. The van der Waals surface area contributed by atoms with E-state index in [9.17, 15) is 9.18 Å². The lowest BCUT2D eigenvalue weighted by Gasteiger charge is -2.23. The maximum absolute atomic E-state index is 13.8. The molecule has 1 atom stereocenters. The van der Waals surface area contributed by atoms with E-state index in [1.165, 1.54) is 6.07 Å². The summed E-state index contributed by atoms with van der Waals surface area (Å²) >= 11 is 0. The Morgan fingerprint density at radius 2 is 2.05 bits per heavy atom. The fourth-order valence-electron chi connectivity index (χ4n) is 2.84. The van der Waals surface area contributed by atoms with Crippen LogP contribution in [0.3, 0.4) is 0 Å². The van der Waals surface area contributed by atoms with Gasteiger partial charge in [-0.25, -0.2) is 4.39 Å². The second-order valence-corrected chi connectivity index (χ2v) is 5.53. The first-order valence-electron chi connectivity index (χ1n) is 6.96. The summed E-state index contributed by atoms with van der Waals surface area (Å²) in [5.41, 5.74) is 8.78. The number of nitrogens with zero attached hydrogens (tertiary/aromatic N) is 1. The molecule has 0 bridgehead atoms. The van der Waals surface area contributed by atoms with Crippen molar-refractivity contribution in [2.45, 2.75) is 26.3 Å². The molecule has 2 N–H and O–H groups in total. The lowest BCUT2D eigenvalue weighted by atomic mass is 10.1. The second kappa shape index (κ2) is 4.88. The molecule has 108 valence electrons. The fourth-order valence-corrected chi connectivity index (χ4v) is 2.84. The van der Waals surface area contributed by atoms with Gasteiger partial charge in [0.15, 0.2) is 0 Å². The molecule has 0 fully saturated rings. The van der Waals surface area contributed by atoms with E-state index in [-0.39, 0.29) is 11.9 Å². The first-order chi connectivity index (χ1) is 9.99. The molecule has 2 aromatic rings. The van der Waals surface area contributed by atoms with Gasteiger partial charge in [0.05, 0.1) is 0 Å². The highest BCUT2D eigenvalue weighted by atomic mass is 19.1. The average Bonchev–Trinajstić information content (AvgIpc) is 2.79. The number of benzene rings is 2. The summed E-state index contributed by atoms with van der Waals surface area (Å²) in [7, 11) is 0. The molecule has 2 aromatic carbocycles. The maximum Gasteiger partial charge on any atom is 0.258 e. The van der Waals surface area contributed by atoms with Gasteiger partial charge in [0.25, 0.3) is 5.91 Å². The van der Waals surface area contributed by atoms with Crippen molar-refractivity contribution in [3.8, 4) is 0 Å². The summed E-state index contributed by atoms with van der Waals surface area (Å²) in [6, 6.07) is 10.7. The van der Waals surface area contributed by atoms with Gasteiger partial charge in [0.2, 0.25) is 0 Å². The van der Waals surface area contributed by atoms with Gasteiger partial charge in [-0.3, -0.25) is 4.79 Å². The Bertz CT molecular complexity index is 703. The molecule has 0 radical (unpaired) electrons. The number of hydrogen-bond acceptors (Lipinski definition) is 2. The molecule has 1 aliphatic heterocycles. The van der Waals surface area contributed by atoms with Crippen molar-refractivity contribution >= 4 is 17.3 Å². The maximum atomic E-state index is 13.8. The third kappa shape index (κ3) is 2.17. The number of fused-ring (bicyclic) bond motifs is 1. The van der Waals surface area contributed by atoms with Gasteiger partial charge in [-0.15, -0.1) is 0 Å². The Hall–Kier alpha value is -2.36. The van der Waals surface area contributed by atoms with E-state index in [0.717, 1.165) is 17.7 Å². The molecule has 0 saturated heterocycles. The first-order valence-corrected chi connectivity index (χ1v) is 6.96. The Balaban J connectivity index is 2.03. The zero-order chi connectivity index (χ0) is 15.1. The van der Waals surface area contributed by atoms with Crippen molar-refractivity contribution in [1.82, 2.24) is 0 Å². The molecule has 21 heavy (non-hydrogen) atoms. The molecule has 0 saturated carbocycles. The van der Waals surface area contributed by atoms with Crippen LogP contribution in [0.1, 0.15) is 28.4 Å². The van der Waals surface area contributed by atoms with Crippen LogP contribution in [0.25, 0.3) is 0 Å². The molecular formula is C17H17FN2O. The Morgan fingerprint density at radius 1 is 1.33 bits per heavy atom. The Morgan fingerprint density at radius 3 is 2.76 bits per heavy atom. The van der Waals surface area contributed by atoms with Crippen molar-refractivity contribution in [3.63, 3.8) is 0 Å². The normalized spacial score (nSPS) is 16.9. The van der Waals surface area contributed by atoms with Crippen LogP contribution in [-0.2, 0) is 6.42 Å². The number of carbonyl (C=O) groups is 1. The minimum Gasteiger partial charge on any atom is -0.398 e. The number of nitrogen functional groups attached to an aromatic ring is 1. The van der Waals surface area contributed by atoms with Crippen LogP contribution in [0.15, 0.2) is 36.4 Å². The molecule has 0 aliphatic carbocycles. The molecule has 1 aliphatic rings. The van der Waals surface area contributed by atoms with Crippen LogP contribution >= 0.6 is 0 Å². The first kappa shape index (κ1) is 13.6. The number of rotatable bonds is 1. The molecule has 3 rings (SSSR count). The van der Waals surface area contributed by atoms with Crippen molar-refractivity contribution in [3.05, 3.63) is 58.9 Å². The third-order valence-corrected chi connectivity index (χ3v) is 4.06. The summed E-state index contributed by atoms with van der Waals surface area (Å²) < 4.78 is 13.8. The summed E-state index contributed by atoms with van der Waals surface area (Å²) in [5.74, 6) is -0.656. The number of carbonyl (C=O) groups excluding carboxylic acids is 1. The quantitative estimate of drug-likeness (QED) is 0.817. The lowest BCUT2D eigenvalue weighted by Crippen LogP contribution is -2.35. The molecule has 1 unspecified atom stereocenters. The van der Waals surface area contributed by atoms with Crippen LogP contribution < -0.4 is 10.6 Å². The Labute approximate surface area is 123 Å². The highest BCUT2D eigenvalue weighted by molar-refractivity contribution is 6.08. The number of para-hydroxylation sites is 1. The predicted octanol–water partition coefficient (Wildman–Crippen LogP) is 3.31. The number of hydrogen-bond donors (Lipinski definition) is 1. The summed E-state index contributed by atoms with van der Waals surface area (Å²) in [6.45, 7) is 3.60. The molecule has 1 amide bonds. The van der Waals surface area contributed by atoms with Gasteiger partial charge in [0.1, 0.15) is 5.82 Å². The van der Waals surface area contributed by atoms with E-state index >= 15 is 0 Å². The lowest BCUT2D eigenvalue weighted by molar-refractivity contribution is 0.0981. The molecule has 3 nitrogen and oxygen atoms in total. The highest BCUT2D eigenvalue weighted by Crippen LogP contribution is 2.33. The minimum absolute atomic E-state index is 0.0560. The molecule has 1 heterocycles. The monoisotopic (exact) mass is 284 g/mol. The van der Waals surface area contributed by atoms with Gasteiger partial charge < -0.3 is 10.6 Å². The Kier molecular flexibility index (Phi) is 3.16. The zero-order valence-electron chi connectivity index (χ0n) is 12.1. The summed E-state index contributed by atoms with van der Waals surface area (Å²) in [5, 5.41) is 0. The average molecular weight is 284 g/mol. The standard InChI is InChI=1S/C17H17FN2O/c1-10-7-12-5-3-4-6-16(12)20(10)17(21)13-8-14(18)11(2)15(19)9-13/h3-6,8-10H,7,19H2,1-2H3. The van der Waals surface area contributed by atoms with Gasteiger partial charge >= 0.3 is 0 Å². The van der Waals surface area contributed by atoms with Crippen LogP contribution in [0.4, 0.5) is 15.8 Å². The number of nitrogens with two attached hydrogens (primary N) is 1. The molecule has 4 heteroatoms. The van der Waals surface area contributed by atoms with Crippen molar-refractivity contribution in [1.29, 1.82) is 0 Å². The van der Waals surface area contributed by atoms with Crippen LogP contribution in [0.2, 0.25) is 0 Å². The highest BCUT2D eigenvalue weighted by Gasteiger charge is 2.31. The van der Waals surface area contributed by atoms with E-state index in [1.807, 2.05) is 31.2 Å². The van der Waals surface area contributed by atoms with E-state index in [2.05, 4.69) is 0 Å². The van der Waals surface area contributed by atoms with Crippen LogP contribution in [-0.4, -0.2) is 11.9 Å². The number of halogens is 1. The van der Waals surface area contributed by atoms with Crippen molar-refractivity contribution in [2.75, 3.05) is 10.6 Å². The predicted molar refractivity (Wildman–Crippen MR) is 82.0 cm³/mol. The van der Waals surface area contributed by atoms with Crippen LogP contribution in [0.5, 0.6) is 0 Å². The van der Waals surface area contributed by atoms with Gasteiger partial charge in [0, 0.05) is 28.5 Å². The topological polar surface area (TPSA) is 46.3 Å². The molecule has 0 aromatic heterocycles. The number of amides is 1. The molecular weight excluding hydrogens is 267 g/mol. The number of anilines is 2. The van der Waals surface area contributed by atoms with Crippen LogP contribution in [0, 0.1) is 12.7 Å². The van der Waals surface area contributed by atoms with E-state index in [4.69, 9.17) is 5.73 Å². The zero-order valence-corrected chi connectivity index (χ0v) is 12.1. The largest absolute Gasteiger partial charge is 0.398 e. The second-order valence-electron chi connectivity index (χ2n) is 5.53. The third-order valence-electron chi connectivity index (χ3n) is 4.06. The van der Waals surface area contributed by atoms with Crippen molar-refractivity contribution in [2.24, 2.45) is 0 Å². The summed E-state index contributed by atoms with van der Waals surface area (Å²) in [4.78, 5) is 14.5. The fraction of sp³-hybridized carbons (Fsp3) is 0.235.